The summed E-state index contributed by atoms with van der Waals surface area (Å²) in [5, 5.41) is 2.78. The Morgan fingerprint density at radius 3 is 2.56 bits per heavy atom. The molecule has 36 heavy (non-hydrogen) atoms. The second-order valence-corrected chi connectivity index (χ2v) is 10.2. The molecular formula is C26H20ClIN2O5S. The second kappa shape index (κ2) is 11.8. The molecule has 0 spiro atoms. The van der Waals surface area contributed by atoms with E-state index >= 15 is 0 Å². The Hall–Kier alpha value is -3.02. The van der Waals surface area contributed by atoms with Crippen LogP contribution < -0.4 is 14.8 Å². The van der Waals surface area contributed by atoms with Crippen molar-refractivity contribution in [1.29, 1.82) is 0 Å². The first-order valence-corrected chi connectivity index (χ1v) is 13.0. The van der Waals surface area contributed by atoms with E-state index in [4.69, 9.17) is 21.1 Å². The number of nitrogens with one attached hydrogen (secondary N) is 1. The fourth-order valence-electron chi connectivity index (χ4n) is 3.38. The normalized spacial score (nSPS) is 14.3. The van der Waals surface area contributed by atoms with Crippen molar-refractivity contribution in [3.63, 3.8) is 0 Å². The van der Waals surface area contributed by atoms with Crippen molar-refractivity contribution in [2.24, 2.45) is 0 Å². The highest BCUT2D eigenvalue weighted by molar-refractivity contribution is 14.1. The predicted molar refractivity (Wildman–Crippen MR) is 149 cm³/mol. The largest absolute Gasteiger partial charge is 0.493 e. The summed E-state index contributed by atoms with van der Waals surface area (Å²) in [5.74, 6) is 0.0322. The van der Waals surface area contributed by atoms with E-state index in [1.807, 2.05) is 30.3 Å². The lowest BCUT2D eigenvalue weighted by Crippen LogP contribution is -2.36. The lowest BCUT2D eigenvalue weighted by molar-refractivity contribution is -0.127. The number of anilines is 1. The minimum Gasteiger partial charge on any atom is -0.493 e. The summed E-state index contributed by atoms with van der Waals surface area (Å²) in [4.78, 5) is 38.8. The molecule has 0 atom stereocenters. The molecule has 7 nitrogen and oxygen atoms in total. The van der Waals surface area contributed by atoms with E-state index in [0.29, 0.717) is 27.8 Å². The molecule has 0 unspecified atom stereocenters. The Labute approximate surface area is 230 Å². The highest BCUT2D eigenvalue weighted by Gasteiger charge is 2.36. The van der Waals surface area contributed by atoms with Gasteiger partial charge in [0.2, 0.25) is 5.91 Å². The molecule has 184 valence electrons. The highest BCUT2D eigenvalue weighted by Crippen LogP contribution is 2.38. The Kier molecular flexibility index (Phi) is 8.55. The van der Waals surface area contributed by atoms with Gasteiger partial charge in [-0.25, -0.2) is 0 Å². The topological polar surface area (TPSA) is 84.9 Å². The fourth-order valence-corrected chi connectivity index (χ4v) is 5.19. The van der Waals surface area contributed by atoms with Crippen LogP contribution in [0.15, 0.2) is 71.6 Å². The van der Waals surface area contributed by atoms with Gasteiger partial charge in [-0.05, 0) is 76.3 Å². The number of imide groups is 1. The Morgan fingerprint density at radius 1 is 1.11 bits per heavy atom. The van der Waals surface area contributed by atoms with Gasteiger partial charge in [0, 0.05) is 16.3 Å². The number of hydrogen-bond acceptors (Lipinski definition) is 6. The van der Waals surface area contributed by atoms with E-state index in [0.717, 1.165) is 25.8 Å². The van der Waals surface area contributed by atoms with Crippen LogP contribution in [0.25, 0.3) is 6.08 Å². The Bertz CT molecular complexity index is 1350. The molecule has 0 bridgehead atoms. The number of thioether (sulfide) groups is 1. The number of carbonyl (C=O) groups excluding carboxylic acids is 3. The monoisotopic (exact) mass is 634 g/mol. The third-order valence-electron chi connectivity index (χ3n) is 5.11. The van der Waals surface area contributed by atoms with E-state index in [1.54, 1.807) is 42.5 Å². The second-order valence-electron chi connectivity index (χ2n) is 7.60. The maximum atomic E-state index is 12.9. The van der Waals surface area contributed by atoms with E-state index in [9.17, 15) is 14.4 Å². The third-order valence-corrected chi connectivity index (χ3v) is 7.19. The summed E-state index contributed by atoms with van der Waals surface area (Å²) in [6.07, 6.45) is 1.60. The van der Waals surface area contributed by atoms with Crippen LogP contribution in [0.3, 0.4) is 0 Å². The molecule has 1 fully saturated rings. The zero-order chi connectivity index (χ0) is 25.7. The average Bonchev–Trinajstić information content (AvgIpc) is 3.11. The Morgan fingerprint density at radius 2 is 1.83 bits per heavy atom. The summed E-state index contributed by atoms with van der Waals surface area (Å²) in [6.45, 7) is -0.109. The fraction of sp³-hybridized carbons (Fsp3) is 0.115. The first kappa shape index (κ1) is 26.1. The summed E-state index contributed by atoms with van der Waals surface area (Å²) in [6, 6.07) is 19.8. The van der Waals surface area contributed by atoms with E-state index < -0.39 is 17.1 Å². The van der Waals surface area contributed by atoms with Gasteiger partial charge >= 0.3 is 0 Å². The molecule has 0 aliphatic carbocycles. The minimum atomic E-state index is -0.527. The number of rotatable bonds is 8. The molecule has 1 aliphatic heterocycles. The summed E-state index contributed by atoms with van der Waals surface area (Å²) in [5.41, 5.74) is 2.08. The van der Waals surface area contributed by atoms with Gasteiger partial charge in [0.05, 0.1) is 15.6 Å². The SMILES string of the molecule is COc1cc(/C=C2\SC(=O)N(CC(=O)Nc3ccccc3)C2=O)cc(I)c1OCc1ccccc1Cl. The van der Waals surface area contributed by atoms with Crippen LogP contribution >= 0.6 is 46.0 Å². The molecule has 1 heterocycles. The molecule has 3 aromatic carbocycles. The molecular weight excluding hydrogens is 615 g/mol. The van der Waals surface area contributed by atoms with Crippen LogP contribution in [0, 0.1) is 3.57 Å². The van der Waals surface area contributed by atoms with Crippen molar-refractivity contribution in [3.8, 4) is 11.5 Å². The van der Waals surface area contributed by atoms with E-state index in [1.165, 1.54) is 7.11 Å². The van der Waals surface area contributed by atoms with Crippen LogP contribution in [-0.2, 0) is 16.2 Å². The van der Waals surface area contributed by atoms with Gasteiger partial charge in [0.25, 0.3) is 11.1 Å². The number of carbonyl (C=O) groups is 3. The van der Waals surface area contributed by atoms with Crippen molar-refractivity contribution in [1.82, 2.24) is 4.90 Å². The average molecular weight is 635 g/mol. The van der Waals surface area contributed by atoms with Crippen LogP contribution in [0.2, 0.25) is 5.02 Å². The summed E-state index contributed by atoms with van der Waals surface area (Å²) in [7, 11) is 1.52. The third kappa shape index (κ3) is 6.21. The molecule has 3 aromatic rings. The van der Waals surface area contributed by atoms with Crippen molar-refractivity contribution < 1.29 is 23.9 Å². The zero-order valence-electron chi connectivity index (χ0n) is 19.0. The number of ether oxygens (including phenoxy) is 2. The molecule has 1 N–H and O–H groups in total. The van der Waals surface area contributed by atoms with Crippen LogP contribution in [-0.4, -0.2) is 35.6 Å². The number of hydrogen-bond donors (Lipinski definition) is 1. The van der Waals surface area contributed by atoms with E-state index in [-0.39, 0.29) is 18.1 Å². The molecule has 0 aromatic heterocycles. The number of halogens is 2. The van der Waals surface area contributed by atoms with Crippen molar-refractivity contribution in [3.05, 3.63) is 91.4 Å². The molecule has 1 saturated heterocycles. The van der Waals surface area contributed by atoms with Crippen molar-refractivity contribution >= 4 is 74.8 Å². The van der Waals surface area contributed by atoms with Gasteiger partial charge in [-0.1, -0.05) is 48.0 Å². The van der Waals surface area contributed by atoms with Gasteiger partial charge in [0.15, 0.2) is 11.5 Å². The maximum Gasteiger partial charge on any atom is 0.294 e. The number of benzene rings is 3. The first-order valence-electron chi connectivity index (χ1n) is 10.7. The zero-order valence-corrected chi connectivity index (χ0v) is 22.7. The van der Waals surface area contributed by atoms with Gasteiger partial charge < -0.3 is 14.8 Å². The van der Waals surface area contributed by atoms with Gasteiger partial charge in [-0.2, -0.15) is 0 Å². The molecule has 0 radical (unpaired) electrons. The van der Waals surface area contributed by atoms with Gasteiger partial charge in [-0.15, -0.1) is 0 Å². The molecule has 10 heteroatoms. The molecule has 1 aliphatic rings. The lowest BCUT2D eigenvalue weighted by Gasteiger charge is -2.14. The maximum absolute atomic E-state index is 12.9. The van der Waals surface area contributed by atoms with E-state index in [2.05, 4.69) is 27.9 Å². The molecule has 0 saturated carbocycles. The highest BCUT2D eigenvalue weighted by atomic mass is 127. The van der Waals surface area contributed by atoms with Gasteiger partial charge in [0.1, 0.15) is 13.2 Å². The van der Waals surface area contributed by atoms with Crippen molar-refractivity contribution in [2.45, 2.75) is 6.61 Å². The number of amides is 3. The minimum absolute atomic E-state index is 0.218. The quantitative estimate of drug-likeness (QED) is 0.235. The van der Waals surface area contributed by atoms with Crippen LogP contribution in [0.5, 0.6) is 11.5 Å². The standard InChI is InChI=1S/C26H20ClIN2O5S/c1-34-21-12-16(11-20(28)24(21)35-15-17-7-5-6-10-19(17)27)13-22-25(32)30(26(33)36-22)14-23(31)29-18-8-3-2-4-9-18/h2-13H,14-15H2,1H3,(H,29,31)/b22-13-. The van der Waals surface area contributed by atoms with Gasteiger partial charge in [-0.3, -0.25) is 19.3 Å². The number of para-hydroxylation sites is 1. The summed E-state index contributed by atoms with van der Waals surface area (Å²) < 4.78 is 12.3. The number of methoxy groups -OCH3 is 1. The predicted octanol–water partition coefficient (Wildman–Crippen LogP) is 6.21. The first-order chi connectivity index (χ1) is 17.4. The summed E-state index contributed by atoms with van der Waals surface area (Å²) >= 11 is 9.13. The van der Waals surface area contributed by atoms with Crippen LogP contribution in [0.1, 0.15) is 11.1 Å². The lowest BCUT2D eigenvalue weighted by atomic mass is 10.1. The van der Waals surface area contributed by atoms with Crippen molar-refractivity contribution in [2.75, 3.05) is 19.0 Å². The Balaban J connectivity index is 1.48. The molecule has 4 rings (SSSR count). The van der Waals surface area contributed by atoms with Crippen LogP contribution in [0.4, 0.5) is 10.5 Å². The molecule has 3 amide bonds. The number of nitrogens with zero attached hydrogens (tertiary/aromatic N) is 1. The smallest absolute Gasteiger partial charge is 0.294 e.